The molecule has 2 rings (SSSR count). The molecule has 0 amide bonds. The molecule has 1 fully saturated rings. The Morgan fingerprint density at radius 2 is 2.10 bits per heavy atom. The smallest absolute Gasteiger partial charge is 0.123 e. The van der Waals surface area contributed by atoms with Gasteiger partial charge in [-0.3, -0.25) is 4.90 Å². The lowest BCUT2D eigenvalue weighted by molar-refractivity contribution is 0.306. The fraction of sp³-hybridized carbons (Fsp3) is 0.600. The Kier molecular flexibility index (Phi) is 7.13. The Morgan fingerprint density at radius 1 is 1.30 bits per heavy atom. The highest BCUT2D eigenvalue weighted by molar-refractivity contribution is 5.85. The van der Waals surface area contributed by atoms with E-state index in [1.807, 2.05) is 19.2 Å². The zero-order chi connectivity index (χ0) is 13.7. The van der Waals surface area contributed by atoms with Crippen molar-refractivity contribution in [2.75, 3.05) is 40.9 Å². The van der Waals surface area contributed by atoms with E-state index >= 15 is 0 Å². The molecule has 0 saturated carbocycles. The average Bonchev–Trinajstić information content (AvgIpc) is 2.86. The summed E-state index contributed by atoms with van der Waals surface area (Å²) in [5, 5.41) is 3.26. The minimum Gasteiger partial charge on any atom is -0.497 e. The summed E-state index contributed by atoms with van der Waals surface area (Å²) < 4.78 is 10.7. The maximum atomic E-state index is 5.43. The molecule has 1 aliphatic heterocycles. The maximum Gasteiger partial charge on any atom is 0.123 e. The van der Waals surface area contributed by atoms with Gasteiger partial charge in [0.15, 0.2) is 0 Å². The molecule has 114 valence electrons. The molecule has 1 heterocycles. The number of methoxy groups -OCH3 is 2. The molecule has 0 bridgehead atoms. The van der Waals surface area contributed by atoms with E-state index in [2.05, 4.69) is 16.3 Å². The molecule has 4 nitrogen and oxygen atoms in total. The number of hydrogen-bond acceptors (Lipinski definition) is 4. The Hall–Kier alpha value is -0.970. The van der Waals surface area contributed by atoms with Crippen molar-refractivity contribution in [2.45, 2.75) is 13.0 Å². The molecule has 0 radical (unpaired) electrons. The van der Waals surface area contributed by atoms with Gasteiger partial charge in [-0.05, 0) is 50.7 Å². The summed E-state index contributed by atoms with van der Waals surface area (Å²) >= 11 is 0. The number of rotatable bonds is 6. The molecule has 1 unspecified atom stereocenters. The quantitative estimate of drug-likeness (QED) is 0.873. The van der Waals surface area contributed by atoms with E-state index in [0.29, 0.717) is 0 Å². The normalized spacial score (nSPS) is 18.6. The molecule has 0 spiro atoms. The van der Waals surface area contributed by atoms with Crippen LogP contribution in [0.15, 0.2) is 18.2 Å². The molecule has 0 aliphatic carbocycles. The van der Waals surface area contributed by atoms with E-state index in [0.717, 1.165) is 43.6 Å². The van der Waals surface area contributed by atoms with Gasteiger partial charge in [-0.1, -0.05) is 0 Å². The zero-order valence-corrected chi connectivity index (χ0v) is 13.3. The minimum absolute atomic E-state index is 0. The predicted octanol–water partition coefficient (Wildman–Crippen LogP) is 2.17. The van der Waals surface area contributed by atoms with Crippen LogP contribution >= 0.6 is 12.4 Å². The zero-order valence-electron chi connectivity index (χ0n) is 12.5. The first kappa shape index (κ1) is 17.1. The topological polar surface area (TPSA) is 33.7 Å². The summed E-state index contributed by atoms with van der Waals surface area (Å²) in [4.78, 5) is 2.49. The van der Waals surface area contributed by atoms with Crippen molar-refractivity contribution in [1.29, 1.82) is 0 Å². The second-order valence-corrected chi connectivity index (χ2v) is 5.13. The highest BCUT2D eigenvalue weighted by atomic mass is 35.5. The first-order chi connectivity index (χ1) is 9.26. The maximum absolute atomic E-state index is 5.43. The molecular formula is C15H25ClN2O2. The Bertz CT molecular complexity index is 415. The molecule has 1 N–H and O–H groups in total. The summed E-state index contributed by atoms with van der Waals surface area (Å²) in [5.41, 5.74) is 1.20. The van der Waals surface area contributed by atoms with Crippen LogP contribution in [-0.2, 0) is 6.54 Å². The van der Waals surface area contributed by atoms with Crippen molar-refractivity contribution in [3.8, 4) is 11.5 Å². The van der Waals surface area contributed by atoms with Crippen LogP contribution in [0, 0.1) is 5.92 Å². The van der Waals surface area contributed by atoms with Gasteiger partial charge in [-0.25, -0.2) is 0 Å². The van der Waals surface area contributed by atoms with Gasteiger partial charge in [0.1, 0.15) is 11.5 Å². The summed E-state index contributed by atoms with van der Waals surface area (Å²) in [6.07, 6.45) is 1.27. The lowest BCUT2D eigenvalue weighted by Gasteiger charge is -2.18. The fourth-order valence-electron chi connectivity index (χ4n) is 2.76. The van der Waals surface area contributed by atoms with Crippen LogP contribution in [0.5, 0.6) is 11.5 Å². The molecule has 1 aromatic rings. The van der Waals surface area contributed by atoms with Crippen molar-refractivity contribution < 1.29 is 9.47 Å². The average molecular weight is 301 g/mol. The number of nitrogens with one attached hydrogen (secondary N) is 1. The van der Waals surface area contributed by atoms with Crippen LogP contribution in [-0.4, -0.2) is 45.8 Å². The van der Waals surface area contributed by atoms with Crippen molar-refractivity contribution in [2.24, 2.45) is 5.92 Å². The third kappa shape index (κ3) is 4.27. The number of ether oxygens (including phenoxy) is 2. The van der Waals surface area contributed by atoms with Crippen molar-refractivity contribution in [3.63, 3.8) is 0 Å². The standard InChI is InChI=1S/C15H24N2O2.ClH/c1-16-9-12-6-7-17(10-12)11-13-8-14(18-2)4-5-15(13)19-3;/h4-5,8,12,16H,6-7,9-11H2,1-3H3;1H. The summed E-state index contributed by atoms with van der Waals surface area (Å²) in [7, 11) is 5.44. The predicted molar refractivity (Wildman–Crippen MR) is 84.1 cm³/mol. The lowest BCUT2D eigenvalue weighted by atomic mass is 10.1. The van der Waals surface area contributed by atoms with Crippen LogP contribution in [0.4, 0.5) is 0 Å². The highest BCUT2D eigenvalue weighted by Crippen LogP contribution is 2.27. The van der Waals surface area contributed by atoms with E-state index in [4.69, 9.17) is 9.47 Å². The number of halogens is 1. The van der Waals surface area contributed by atoms with Gasteiger partial charge in [0, 0.05) is 18.7 Å². The second kappa shape index (κ2) is 8.35. The number of hydrogen-bond donors (Lipinski definition) is 1. The summed E-state index contributed by atoms with van der Waals surface area (Å²) in [6.45, 7) is 4.35. The van der Waals surface area contributed by atoms with Gasteiger partial charge in [0.05, 0.1) is 14.2 Å². The monoisotopic (exact) mass is 300 g/mol. The Morgan fingerprint density at radius 3 is 2.75 bits per heavy atom. The minimum atomic E-state index is 0. The molecule has 5 heteroatoms. The second-order valence-electron chi connectivity index (χ2n) is 5.13. The van der Waals surface area contributed by atoms with Crippen molar-refractivity contribution in [3.05, 3.63) is 23.8 Å². The third-order valence-corrected chi connectivity index (χ3v) is 3.74. The largest absolute Gasteiger partial charge is 0.497 e. The first-order valence-electron chi connectivity index (χ1n) is 6.84. The van der Waals surface area contributed by atoms with Gasteiger partial charge in [0.2, 0.25) is 0 Å². The molecule has 0 aromatic heterocycles. The van der Waals surface area contributed by atoms with Gasteiger partial charge >= 0.3 is 0 Å². The van der Waals surface area contributed by atoms with Crippen molar-refractivity contribution >= 4 is 12.4 Å². The lowest BCUT2D eigenvalue weighted by Crippen LogP contribution is -2.24. The first-order valence-corrected chi connectivity index (χ1v) is 6.84. The van der Waals surface area contributed by atoms with E-state index < -0.39 is 0 Å². The van der Waals surface area contributed by atoms with Gasteiger partial charge in [-0.15, -0.1) is 12.4 Å². The highest BCUT2D eigenvalue weighted by Gasteiger charge is 2.22. The van der Waals surface area contributed by atoms with Crippen LogP contribution in [0.25, 0.3) is 0 Å². The molecule has 1 saturated heterocycles. The summed E-state index contributed by atoms with van der Waals surface area (Å²) in [6, 6.07) is 6.00. The number of nitrogens with zero attached hydrogens (tertiary/aromatic N) is 1. The van der Waals surface area contributed by atoms with E-state index in [1.54, 1.807) is 14.2 Å². The molecule has 20 heavy (non-hydrogen) atoms. The van der Waals surface area contributed by atoms with Crippen LogP contribution in [0.3, 0.4) is 0 Å². The van der Waals surface area contributed by atoms with Crippen LogP contribution in [0.1, 0.15) is 12.0 Å². The Labute approximate surface area is 127 Å². The Balaban J connectivity index is 0.00000200. The van der Waals surface area contributed by atoms with Crippen LogP contribution < -0.4 is 14.8 Å². The van der Waals surface area contributed by atoms with E-state index in [-0.39, 0.29) is 12.4 Å². The molecule has 1 aromatic carbocycles. The molecular weight excluding hydrogens is 276 g/mol. The van der Waals surface area contributed by atoms with Crippen molar-refractivity contribution in [1.82, 2.24) is 10.2 Å². The van der Waals surface area contributed by atoms with Gasteiger partial charge < -0.3 is 14.8 Å². The number of likely N-dealkylation sites (tertiary alicyclic amines) is 1. The number of benzene rings is 1. The van der Waals surface area contributed by atoms with E-state index in [1.165, 1.54) is 12.0 Å². The SMILES string of the molecule is CNCC1CCN(Cc2cc(OC)ccc2OC)C1.Cl. The van der Waals surface area contributed by atoms with Gasteiger partial charge in [0.25, 0.3) is 0 Å². The molecule has 1 aliphatic rings. The van der Waals surface area contributed by atoms with Crippen LogP contribution in [0.2, 0.25) is 0 Å². The van der Waals surface area contributed by atoms with E-state index in [9.17, 15) is 0 Å². The summed E-state index contributed by atoms with van der Waals surface area (Å²) in [5.74, 6) is 2.60. The third-order valence-electron chi connectivity index (χ3n) is 3.74. The fourth-order valence-corrected chi connectivity index (χ4v) is 2.76. The molecule has 1 atom stereocenters. The van der Waals surface area contributed by atoms with Gasteiger partial charge in [-0.2, -0.15) is 0 Å².